The normalized spacial score (nSPS) is 19.5. The Labute approximate surface area is 341 Å². The van der Waals surface area contributed by atoms with Crippen LogP contribution in [0.1, 0.15) is 147 Å². The predicted octanol–water partition coefficient (Wildman–Crippen LogP) is 11.1. The molecule has 300 valence electrons. The number of nitrogens with zero attached hydrogens (tertiary/aromatic N) is 1. The van der Waals surface area contributed by atoms with Crippen LogP contribution in [0, 0.1) is 65.1 Å². The van der Waals surface area contributed by atoms with Crippen molar-refractivity contribution in [3.05, 3.63) is 67.0 Å². The second-order valence-corrected chi connectivity index (χ2v) is 19.6. The number of thiophene rings is 2. The Bertz CT molecular complexity index is 1990. The number of benzene rings is 1. The molecule has 0 radical (unpaired) electrons. The van der Waals surface area contributed by atoms with Crippen LogP contribution in [0.3, 0.4) is 0 Å². The number of anilines is 2. The number of nitrogens with one attached hydrogen (secondary N) is 1. The number of carboxylic acid groups (broad SMARTS) is 2. The van der Waals surface area contributed by atoms with E-state index in [1.165, 1.54) is 0 Å². The van der Waals surface area contributed by atoms with E-state index < -0.39 is 11.9 Å². The van der Waals surface area contributed by atoms with Gasteiger partial charge in [0.2, 0.25) is 11.8 Å². The highest BCUT2D eigenvalue weighted by Crippen LogP contribution is 2.37. The fourth-order valence-corrected chi connectivity index (χ4v) is 8.56. The van der Waals surface area contributed by atoms with Crippen molar-refractivity contribution < 1.29 is 29.4 Å². The molecule has 3 aromatic rings. The van der Waals surface area contributed by atoms with Gasteiger partial charge in [0.1, 0.15) is 9.75 Å². The summed E-state index contributed by atoms with van der Waals surface area (Å²) in [4.78, 5) is 53.3. The Morgan fingerprint density at radius 2 is 1.27 bits per heavy atom. The minimum Gasteiger partial charge on any atom is -0.477 e. The molecule has 2 fully saturated rings. The van der Waals surface area contributed by atoms with Crippen molar-refractivity contribution in [1.82, 2.24) is 0 Å². The van der Waals surface area contributed by atoms with Crippen LogP contribution in [-0.4, -0.2) is 34.0 Å². The molecule has 56 heavy (non-hydrogen) atoms. The third-order valence-electron chi connectivity index (χ3n) is 10.1. The standard InChI is InChI=1S/C26H31NO3S.C20H27NO3S/c1-18-10-12-20(13-11-18)24(28)27(17-19-8-6-5-7-9-19)22-16-21(14-15-26(2,3)4)31-23(22)25(29)30;1-12-6-8-14(9-7-12)18(22)21-16-13(2)15(10-11-20(3,4)5)25-17(16)19(23)24/h5-9,16,18,20H,10-13,17H2,1-4H3,(H,29,30);12,14H,6-9H2,1-5H3,(H,21,22)(H,23,24)/t18-,20-;12-,14-. The highest BCUT2D eigenvalue weighted by atomic mass is 32.1. The van der Waals surface area contributed by atoms with E-state index in [0.29, 0.717) is 39.5 Å². The zero-order valence-electron chi connectivity index (χ0n) is 34.4. The average molecular weight is 799 g/mol. The number of aromatic carboxylic acids is 2. The summed E-state index contributed by atoms with van der Waals surface area (Å²) in [6, 6.07) is 11.5. The zero-order valence-corrected chi connectivity index (χ0v) is 36.1. The summed E-state index contributed by atoms with van der Waals surface area (Å²) in [5, 5.41) is 22.3. The van der Waals surface area contributed by atoms with Crippen LogP contribution in [-0.2, 0) is 16.1 Å². The number of rotatable bonds is 8. The Hall–Kier alpha value is -4.38. The molecule has 2 aliphatic carbocycles. The van der Waals surface area contributed by atoms with Crippen LogP contribution in [0.25, 0.3) is 0 Å². The molecule has 1 aromatic carbocycles. The first-order valence-electron chi connectivity index (χ1n) is 19.7. The third-order valence-corrected chi connectivity index (χ3v) is 12.3. The van der Waals surface area contributed by atoms with Crippen LogP contribution in [0.2, 0.25) is 0 Å². The molecule has 2 aromatic heterocycles. The van der Waals surface area contributed by atoms with E-state index in [9.17, 15) is 29.4 Å². The minimum absolute atomic E-state index is 0.0198. The van der Waals surface area contributed by atoms with Gasteiger partial charge in [0, 0.05) is 28.2 Å². The second kappa shape index (κ2) is 19.2. The van der Waals surface area contributed by atoms with Crippen LogP contribution in [0.15, 0.2) is 36.4 Å². The molecular formula is C46H58N2O6S2. The van der Waals surface area contributed by atoms with Gasteiger partial charge >= 0.3 is 11.9 Å². The van der Waals surface area contributed by atoms with E-state index in [4.69, 9.17) is 0 Å². The molecule has 0 atom stereocenters. The van der Waals surface area contributed by atoms with Gasteiger partial charge in [-0.15, -0.1) is 22.7 Å². The van der Waals surface area contributed by atoms with Gasteiger partial charge in [0.25, 0.3) is 0 Å². The lowest BCUT2D eigenvalue weighted by Crippen LogP contribution is -2.37. The lowest BCUT2D eigenvalue weighted by molar-refractivity contribution is -0.123. The lowest BCUT2D eigenvalue weighted by atomic mass is 9.82. The summed E-state index contributed by atoms with van der Waals surface area (Å²) in [5.41, 5.74) is 2.25. The van der Waals surface area contributed by atoms with Gasteiger partial charge in [-0.05, 0) is 123 Å². The molecule has 0 saturated heterocycles. The maximum Gasteiger partial charge on any atom is 0.348 e. The zero-order chi connectivity index (χ0) is 41.4. The molecular weight excluding hydrogens is 741 g/mol. The Balaban J connectivity index is 0.000000255. The highest BCUT2D eigenvalue weighted by molar-refractivity contribution is 7.15. The fraction of sp³-hybridized carbons (Fsp3) is 0.522. The molecule has 0 bridgehead atoms. The van der Waals surface area contributed by atoms with Crippen molar-refractivity contribution in [3.8, 4) is 23.7 Å². The van der Waals surface area contributed by atoms with Crippen molar-refractivity contribution in [3.63, 3.8) is 0 Å². The molecule has 5 rings (SSSR count). The van der Waals surface area contributed by atoms with Crippen LogP contribution in [0.4, 0.5) is 11.4 Å². The smallest absolute Gasteiger partial charge is 0.348 e. The highest BCUT2D eigenvalue weighted by Gasteiger charge is 2.32. The predicted molar refractivity (Wildman–Crippen MR) is 228 cm³/mol. The van der Waals surface area contributed by atoms with E-state index in [2.05, 4.69) is 42.8 Å². The summed E-state index contributed by atoms with van der Waals surface area (Å²) < 4.78 is 0. The first-order chi connectivity index (χ1) is 26.2. The monoisotopic (exact) mass is 798 g/mol. The van der Waals surface area contributed by atoms with Gasteiger partial charge in [0.15, 0.2) is 0 Å². The first kappa shape index (κ1) is 44.3. The minimum atomic E-state index is -1.02. The molecule has 2 saturated carbocycles. The van der Waals surface area contributed by atoms with Crippen molar-refractivity contribution in [2.24, 2.45) is 34.5 Å². The van der Waals surface area contributed by atoms with E-state index in [1.807, 2.05) is 78.8 Å². The fourth-order valence-electron chi connectivity index (χ4n) is 6.75. The van der Waals surface area contributed by atoms with Crippen LogP contribution < -0.4 is 10.2 Å². The van der Waals surface area contributed by atoms with Crippen molar-refractivity contribution in [2.45, 2.75) is 120 Å². The first-order valence-corrected chi connectivity index (χ1v) is 21.3. The molecule has 0 aliphatic heterocycles. The van der Waals surface area contributed by atoms with Gasteiger partial charge < -0.3 is 20.4 Å². The molecule has 0 unspecified atom stereocenters. The SMILES string of the molecule is CC(C)(C)C#Cc1cc(N(Cc2ccccc2)C(=O)[C@H]2CC[C@H](C)CC2)c(C(=O)O)s1.Cc1c(C#CC(C)(C)C)sc(C(=O)O)c1NC(=O)[C@H]1CC[C@H](C)CC1. The lowest BCUT2D eigenvalue weighted by Gasteiger charge is -2.31. The van der Waals surface area contributed by atoms with Gasteiger partial charge in [0.05, 0.1) is 27.7 Å². The molecule has 2 amide bonds. The van der Waals surface area contributed by atoms with Gasteiger partial charge in [-0.2, -0.15) is 0 Å². The number of carboxylic acids is 2. The average Bonchev–Trinajstić information content (AvgIpc) is 3.70. The van der Waals surface area contributed by atoms with Gasteiger partial charge in [-0.25, -0.2) is 9.59 Å². The van der Waals surface area contributed by atoms with E-state index in [1.54, 1.807) is 11.0 Å². The molecule has 2 heterocycles. The topological polar surface area (TPSA) is 124 Å². The summed E-state index contributed by atoms with van der Waals surface area (Å²) in [7, 11) is 0. The largest absolute Gasteiger partial charge is 0.477 e. The van der Waals surface area contributed by atoms with Gasteiger partial charge in [-0.3, -0.25) is 9.59 Å². The number of amides is 2. The number of carbonyl (C=O) groups excluding carboxylic acids is 2. The molecule has 0 spiro atoms. The Kier molecular flexibility index (Phi) is 15.2. The maximum absolute atomic E-state index is 13.6. The molecule has 2 aliphatic rings. The summed E-state index contributed by atoms with van der Waals surface area (Å²) in [6.07, 6.45) is 7.62. The molecule has 10 heteroatoms. The Morgan fingerprint density at radius 1 is 0.750 bits per heavy atom. The molecule has 3 N–H and O–H groups in total. The van der Waals surface area contributed by atoms with Crippen molar-refractivity contribution >= 4 is 57.8 Å². The van der Waals surface area contributed by atoms with E-state index >= 15 is 0 Å². The van der Waals surface area contributed by atoms with Crippen molar-refractivity contribution in [2.75, 3.05) is 10.2 Å². The van der Waals surface area contributed by atoms with Gasteiger partial charge in [-0.1, -0.05) is 67.9 Å². The summed E-state index contributed by atoms with van der Waals surface area (Å²) in [5.74, 6) is 11.6. The summed E-state index contributed by atoms with van der Waals surface area (Å²) in [6.45, 7) is 18.7. The van der Waals surface area contributed by atoms with Crippen LogP contribution >= 0.6 is 22.7 Å². The maximum atomic E-state index is 13.6. The van der Waals surface area contributed by atoms with Crippen LogP contribution in [0.5, 0.6) is 0 Å². The second-order valence-electron chi connectivity index (χ2n) is 17.5. The Morgan fingerprint density at radius 3 is 1.79 bits per heavy atom. The quantitative estimate of drug-likeness (QED) is 0.195. The number of carbonyl (C=O) groups is 4. The molecule has 8 nitrogen and oxygen atoms in total. The third kappa shape index (κ3) is 12.8. The number of hydrogen-bond acceptors (Lipinski definition) is 6. The number of hydrogen-bond donors (Lipinski definition) is 3. The van der Waals surface area contributed by atoms with E-state index in [0.717, 1.165) is 85.2 Å². The van der Waals surface area contributed by atoms with E-state index in [-0.39, 0.29) is 44.2 Å². The van der Waals surface area contributed by atoms with Crippen molar-refractivity contribution in [1.29, 1.82) is 0 Å². The summed E-state index contributed by atoms with van der Waals surface area (Å²) >= 11 is 2.28.